The second-order valence-electron chi connectivity index (χ2n) is 10.2. The number of nitrogens with zero attached hydrogens (tertiary/aromatic N) is 3. The topological polar surface area (TPSA) is 56.4 Å². The molecule has 0 spiro atoms. The van der Waals surface area contributed by atoms with Crippen LogP contribution in [0.1, 0.15) is 97.2 Å². The van der Waals surface area contributed by atoms with Gasteiger partial charge in [-0.1, -0.05) is 68.2 Å². The second-order valence-corrected chi connectivity index (χ2v) is 10.2. The van der Waals surface area contributed by atoms with E-state index >= 15 is 0 Å². The fraction of sp³-hybridized carbons (Fsp3) is 0.406. The van der Waals surface area contributed by atoms with Crippen molar-refractivity contribution in [3.05, 3.63) is 83.7 Å². The van der Waals surface area contributed by atoms with E-state index in [2.05, 4.69) is 78.6 Å². The summed E-state index contributed by atoms with van der Waals surface area (Å²) in [4.78, 5) is 19.2. The number of allylic oxidation sites excluding steroid dienone is 2. The van der Waals surface area contributed by atoms with Gasteiger partial charge >= 0.3 is 16.8 Å². The maximum atomic E-state index is 5.18. The maximum Gasteiger partial charge on any atom is 2.00 e. The first-order valence-corrected chi connectivity index (χ1v) is 13.5. The Morgan fingerprint density at radius 1 is 0.730 bits per heavy atom. The van der Waals surface area contributed by atoms with Crippen molar-refractivity contribution in [1.82, 2.24) is 15.0 Å². The number of hydrogen-bond donors (Lipinski definition) is 1. The van der Waals surface area contributed by atoms with Gasteiger partial charge in [0.25, 0.3) is 0 Å². The summed E-state index contributed by atoms with van der Waals surface area (Å²) in [6.45, 7) is 17.8. The number of aromatic amines is 1. The van der Waals surface area contributed by atoms with E-state index in [1.165, 1.54) is 61.6 Å². The normalized spacial score (nSPS) is 14.7. The third kappa shape index (κ3) is 4.46. The molecule has 8 bridgehead atoms. The van der Waals surface area contributed by atoms with Crippen molar-refractivity contribution in [2.24, 2.45) is 4.99 Å². The van der Waals surface area contributed by atoms with Gasteiger partial charge in [-0.3, -0.25) is 4.99 Å². The molecule has 3 aromatic heterocycles. The average Bonchev–Trinajstić information content (AvgIpc) is 3.51. The first-order valence-electron chi connectivity index (χ1n) is 13.5. The summed E-state index contributed by atoms with van der Waals surface area (Å²) in [5.41, 5.74) is 17.2. The SMILES string of the molecule is CCC1=C(C)C2=NC1=Cc1[n-]c(c(CC)c1C)C=c1[n-]c(c(CC)c1C)=Cc1[nH]c(c(CC)c1C)C2.[Co+2]. The van der Waals surface area contributed by atoms with Gasteiger partial charge in [0.15, 0.2) is 0 Å². The van der Waals surface area contributed by atoms with E-state index in [4.69, 9.17) is 15.0 Å². The smallest absolute Gasteiger partial charge is 0.657 e. The number of aliphatic imine (C=N–C) groups is 1. The van der Waals surface area contributed by atoms with Crippen molar-refractivity contribution in [3.63, 3.8) is 0 Å². The van der Waals surface area contributed by atoms with Gasteiger partial charge in [-0.15, -0.1) is 22.1 Å². The van der Waals surface area contributed by atoms with Crippen LogP contribution < -0.4 is 20.7 Å². The van der Waals surface area contributed by atoms with Crippen LogP contribution in [0, 0.1) is 20.8 Å². The predicted molar refractivity (Wildman–Crippen MR) is 151 cm³/mol. The Hall–Kier alpha value is -2.76. The molecule has 1 N–H and O–H groups in total. The predicted octanol–water partition coefficient (Wildman–Crippen LogP) is 5.27. The van der Waals surface area contributed by atoms with Crippen molar-refractivity contribution >= 4 is 23.9 Å². The minimum absolute atomic E-state index is 0. The molecule has 2 aliphatic heterocycles. The summed E-state index contributed by atoms with van der Waals surface area (Å²) in [7, 11) is 0. The van der Waals surface area contributed by atoms with Crippen molar-refractivity contribution in [1.29, 1.82) is 0 Å². The van der Waals surface area contributed by atoms with Crippen molar-refractivity contribution in [2.45, 2.75) is 87.5 Å². The standard InChI is InChI=1S/C32H38N4.Co/c1-9-21-17(5)25-14-30-23(11-3)19(7)27(35-30)16-32-24(12-4)20(8)28(36-32)15-31-22(10-2)18(6)26(34-31)13-29(21)33-25;/h13-15,36H,9-12,16H2,1-8H3;/q-2;+2. The Balaban J connectivity index is 0.00000320. The van der Waals surface area contributed by atoms with Gasteiger partial charge in [-0.2, -0.15) is 0 Å². The molecule has 0 atom stereocenters. The van der Waals surface area contributed by atoms with E-state index < -0.39 is 0 Å². The van der Waals surface area contributed by atoms with Crippen LogP contribution in [0.2, 0.25) is 0 Å². The molecular weight excluding hydrogens is 499 g/mol. The Kier molecular flexibility index (Phi) is 7.77. The third-order valence-electron chi connectivity index (χ3n) is 8.32. The van der Waals surface area contributed by atoms with E-state index in [1.54, 1.807) is 0 Å². The van der Waals surface area contributed by atoms with Crippen LogP contribution in [0.15, 0.2) is 21.8 Å². The molecule has 1 radical (unpaired) electrons. The fourth-order valence-electron chi connectivity index (χ4n) is 6.13. The van der Waals surface area contributed by atoms with Crippen LogP contribution in [0.5, 0.6) is 0 Å². The molecule has 3 aromatic rings. The molecule has 0 saturated carbocycles. The van der Waals surface area contributed by atoms with E-state index in [9.17, 15) is 0 Å². The van der Waals surface area contributed by atoms with Crippen LogP contribution in [-0.2, 0) is 42.5 Å². The molecule has 5 heteroatoms. The molecule has 0 unspecified atom stereocenters. The van der Waals surface area contributed by atoms with Gasteiger partial charge in [-0.25, -0.2) is 0 Å². The number of rotatable bonds is 4. The van der Waals surface area contributed by atoms with E-state index in [-0.39, 0.29) is 16.8 Å². The van der Waals surface area contributed by atoms with Gasteiger partial charge in [0.05, 0.1) is 11.4 Å². The Bertz CT molecular complexity index is 1580. The summed E-state index contributed by atoms with van der Waals surface area (Å²) < 4.78 is 0. The number of H-pyrrole nitrogens is 1. The van der Waals surface area contributed by atoms with Crippen molar-refractivity contribution in [2.75, 3.05) is 0 Å². The number of fused-ring (bicyclic) bond motifs is 7. The molecular formula is C32H38CoN4. The summed E-state index contributed by atoms with van der Waals surface area (Å²) in [6, 6.07) is 0. The number of aromatic nitrogens is 3. The molecule has 37 heavy (non-hydrogen) atoms. The van der Waals surface area contributed by atoms with Gasteiger partial charge in [-0.05, 0) is 75.7 Å². The van der Waals surface area contributed by atoms with Crippen LogP contribution in [0.4, 0.5) is 0 Å². The molecule has 0 amide bonds. The second kappa shape index (κ2) is 10.5. The van der Waals surface area contributed by atoms with E-state index in [1.807, 2.05) is 0 Å². The minimum atomic E-state index is 0. The zero-order valence-corrected chi connectivity index (χ0v) is 24.5. The molecule has 2 aliphatic rings. The molecule has 5 rings (SSSR count). The van der Waals surface area contributed by atoms with Crippen molar-refractivity contribution < 1.29 is 16.8 Å². The van der Waals surface area contributed by atoms with Crippen LogP contribution >= 0.6 is 0 Å². The molecule has 5 heterocycles. The van der Waals surface area contributed by atoms with Gasteiger partial charge < -0.3 is 15.0 Å². The largest absolute Gasteiger partial charge is 2.00 e. The monoisotopic (exact) mass is 537 g/mol. The molecule has 0 fully saturated rings. The molecule has 0 saturated heterocycles. The van der Waals surface area contributed by atoms with Gasteiger partial charge in [0.2, 0.25) is 0 Å². The molecule has 4 nitrogen and oxygen atoms in total. The summed E-state index contributed by atoms with van der Waals surface area (Å²) >= 11 is 0. The Labute approximate surface area is 231 Å². The zero-order valence-electron chi connectivity index (χ0n) is 23.4. The van der Waals surface area contributed by atoms with Gasteiger partial charge in [0.1, 0.15) is 0 Å². The quantitative estimate of drug-likeness (QED) is 0.493. The van der Waals surface area contributed by atoms with Crippen LogP contribution in [0.25, 0.3) is 18.2 Å². The maximum absolute atomic E-state index is 5.18. The van der Waals surface area contributed by atoms with Crippen molar-refractivity contribution in [3.8, 4) is 0 Å². The Morgan fingerprint density at radius 2 is 1.43 bits per heavy atom. The molecule has 195 valence electrons. The van der Waals surface area contributed by atoms with Gasteiger partial charge in [0, 0.05) is 17.8 Å². The molecule has 0 aromatic carbocycles. The molecule has 0 aliphatic carbocycles. The summed E-state index contributed by atoms with van der Waals surface area (Å²) in [5, 5.41) is 2.10. The van der Waals surface area contributed by atoms with Crippen LogP contribution in [-0.4, -0.2) is 10.7 Å². The first-order chi connectivity index (χ1) is 17.3. The van der Waals surface area contributed by atoms with Crippen LogP contribution in [0.3, 0.4) is 0 Å². The average molecular weight is 538 g/mol. The minimum Gasteiger partial charge on any atom is -0.657 e. The summed E-state index contributed by atoms with van der Waals surface area (Å²) in [6.07, 6.45) is 11.3. The first kappa shape index (κ1) is 27.3. The summed E-state index contributed by atoms with van der Waals surface area (Å²) in [5.74, 6) is 0. The third-order valence-corrected chi connectivity index (χ3v) is 8.32. The Morgan fingerprint density at radius 3 is 2.08 bits per heavy atom. The fourth-order valence-corrected chi connectivity index (χ4v) is 6.13. The zero-order chi connectivity index (χ0) is 25.7. The number of nitrogens with one attached hydrogen (secondary N) is 1. The van der Waals surface area contributed by atoms with E-state index in [0.29, 0.717) is 0 Å². The number of hydrogen-bond acceptors (Lipinski definition) is 1. The van der Waals surface area contributed by atoms with E-state index in [0.717, 1.165) is 59.9 Å².